The second-order valence-electron chi connectivity index (χ2n) is 8.64. The fraction of sp³-hybridized carbons (Fsp3) is 0.423. The van der Waals surface area contributed by atoms with Crippen LogP contribution in [0.15, 0.2) is 34.7 Å². The number of primary amides is 1. The van der Waals surface area contributed by atoms with Crippen molar-refractivity contribution in [2.75, 3.05) is 36.5 Å². The van der Waals surface area contributed by atoms with Crippen molar-refractivity contribution >= 4 is 34.6 Å². The van der Waals surface area contributed by atoms with Gasteiger partial charge < -0.3 is 35.2 Å². The van der Waals surface area contributed by atoms with E-state index in [4.69, 9.17) is 24.6 Å². The molecule has 1 aromatic heterocycles. The van der Waals surface area contributed by atoms with Crippen LogP contribution < -0.4 is 30.7 Å². The number of para-hydroxylation sites is 1. The van der Waals surface area contributed by atoms with Crippen LogP contribution in [0.3, 0.4) is 0 Å². The van der Waals surface area contributed by atoms with Gasteiger partial charge in [-0.3, -0.25) is 9.59 Å². The quantitative estimate of drug-likeness (QED) is 0.390. The second kappa shape index (κ2) is 11.3. The van der Waals surface area contributed by atoms with Crippen LogP contribution in [0, 0.1) is 0 Å². The van der Waals surface area contributed by atoms with Gasteiger partial charge in [-0.2, -0.15) is 4.98 Å². The number of hydrogen-bond donors (Lipinski definition) is 3. The van der Waals surface area contributed by atoms with Crippen LogP contribution in [0.4, 0.5) is 11.7 Å². The minimum atomic E-state index is -0.551. The molecule has 3 aromatic rings. The zero-order chi connectivity index (χ0) is 25.7. The van der Waals surface area contributed by atoms with Crippen molar-refractivity contribution in [1.29, 1.82) is 0 Å². The number of nitrogens with two attached hydrogens (primary N) is 1. The summed E-state index contributed by atoms with van der Waals surface area (Å²) in [5.41, 5.74) is 8.27. The Bertz CT molecular complexity index is 1210. The van der Waals surface area contributed by atoms with Crippen LogP contribution in [-0.4, -0.2) is 49.1 Å². The molecule has 1 fully saturated rings. The van der Waals surface area contributed by atoms with E-state index in [-0.39, 0.29) is 11.9 Å². The highest BCUT2D eigenvalue weighted by Gasteiger charge is 2.27. The molecule has 10 heteroatoms. The summed E-state index contributed by atoms with van der Waals surface area (Å²) >= 11 is 0. The van der Waals surface area contributed by atoms with Crippen LogP contribution in [0.5, 0.6) is 11.5 Å². The van der Waals surface area contributed by atoms with Crippen molar-refractivity contribution in [3.8, 4) is 11.5 Å². The van der Waals surface area contributed by atoms with E-state index in [1.165, 1.54) is 6.92 Å². The Labute approximate surface area is 210 Å². The molecule has 0 radical (unpaired) electrons. The van der Waals surface area contributed by atoms with E-state index >= 15 is 0 Å². The Morgan fingerprint density at radius 2 is 1.83 bits per heavy atom. The summed E-state index contributed by atoms with van der Waals surface area (Å²) in [4.78, 5) is 30.6. The van der Waals surface area contributed by atoms with Crippen LogP contribution in [-0.2, 0) is 11.3 Å². The SMILES string of the molecule is CCOc1cc(CN(c2nc3c(C(N)=O)cccc3o2)C2CCNCC2)cc(OCC)c1NC(C)=O. The molecule has 0 atom stereocenters. The highest BCUT2D eigenvalue weighted by molar-refractivity contribution is 6.03. The molecule has 36 heavy (non-hydrogen) atoms. The first-order valence-electron chi connectivity index (χ1n) is 12.3. The fourth-order valence-electron chi connectivity index (χ4n) is 4.50. The van der Waals surface area contributed by atoms with Gasteiger partial charge in [0.25, 0.3) is 11.9 Å². The third-order valence-corrected chi connectivity index (χ3v) is 6.05. The lowest BCUT2D eigenvalue weighted by atomic mass is 10.0. The number of oxazole rings is 1. The van der Waals surface area contributed by atoms with E-state index < -0.39 is 5.91 Å². The first-order valence-corrected chi connectivity index (χ1v) is 12.3. The third kappa shape index (κ3) is 5.54. The van der Waals surface area contributed by atoms with Crippen molar-refractivity contribution < 1.29 is 23.5 Å². The van der Waals surface area contributed by atoms with Crippen molar-refractivity contribution in [3.63, 3.8) is 0 Å². The monoisotopic (exact) mass is 495 g/mol. The molecule has 2 amide bonds. The van der Waals surface area contributed by atoms with Crippen LogP contribution in [0.1, 0.15) is 49.5 Å². The standard InChI is InChI=1S/C26H33N5O5/c1-4-34-21-13-17(14-22(35-5-2)24(21)29-16(3)32)15-31(18-9-11-28-12-10-18)26-30-23-19(25(27)33)7-6-8-20(23)36-26/h6-8,13-14,18,28H,4-5,9-12,15H2,1-3H3,(H2,27,33)(H,29,32). The van der Waals surface area contributed by atoms with E-state index in [1.54, 1.807) is 18.2 Å². The molecule has 0 bridgehead atoms. The van der Waals surface area contributed by atoms with Gasteiger partial charge in [-0.25, -0.2) is 0 Å². The smallest absolute Gasteiger partial charge is 0.298 e. The van der Waals surface area contributed by atoms with Gasteiger partial charge in [0.1, 0.15) is 22.7 Å². The number of carbonyl (C=O) groups excluding carboxylic acids is 2. The summed E-state index contributed by atoms with van der Waals surface area (Å²) in [5.74, 6) is 0.308. The summed E-state index contributed by atoms with van der Waals surface area (Å²) in [5, 5.41) is 6.23. The molecule has 0 saturated carbocycles. The largest absolute Gasteiger partial charge is 0.492 e. The average Bonchev–Trinajstić information content (AvgIpc) is 3.29. The van der Waals surface area contributed by atoms with Gasteiger partial charge in [0.05, 0.1) is 18.8 Å². The highest BCUT2D eigenvalue weighted by atomic mass is 16.5. The number of benzene rings is 2. The molecule has 2 aromatic carbocycles. The maximum Gasteiger partial charge on any atom is 0.298 e. The van der Waals surface area contributed by atoms with Crippen molar-refractivity contribution in [2.45, 2.75) is 46.2 Å². The molecule has 2 heterocycles. The lowest BCUT2D eigenvalue weighted by molar-refractivity contribution is -0.114. The molecule has 1 aliphatic heterocycles. The number of fused-ring (bicyclic) bond motifs is 1. The van der Waals surface area contributed by atoms with Crippen LogP contribution in [0.25, 0.3) is 11.1 Å². The number of nitrogens with zero attached hydrogens (tertiary/aromatic N) is 2. The fourth-order valence-corrected chi connectivity index (χ4v) is 4.50. The molecular weight excluding hydrogens is 462 g/mol. The van der Waals surface area contributed by atoms with Gasteiger partial charge >= 0.3 is 0 Å². The van der Waals surface area contributed by atoms with Gasteiger partial charge in [0.2, 0.25) is 5.91 Å². The summed E-state index contributed by atoms with van der Waals surface area (Å²) in [6, 6.07) is 9.56. The lowest BCUT2D eigenvalue weighted by Crippen LogP contribution is -2.43. The number of anilines is 2. The molecule has 10 nitrogen and oxygen atoms in total. The number of carbonyl (C=O) groups is 2. The summed E-state index contributed by atoms with van der Waals surface area (Å²) in [7, 11) is 0. The summed E-state index contributed by atoms with van der Waals surface area (Å²) in [6.07, 6.45) is 1.81. The lowest BCUT2D eigenvalue weighted by Gasteiger charge is -2.34. The van der Waals surface area contributed by atoms with E-state index in [2.05, 4.69) is 15.5 Å². The minimum Gasteiger partial charge on any atom is -0.492 e. The van der Waals surface area contributed by atoms with E-state index in [0.717, 1.165) is 31.5 Å². The predicted octanol–water partition coefficient (Wildman–Crippen LogP) is 3.44. The third-order valence-electron chi connectivity index (χ3n) is 6.05. The Morgan fingerprint density at radius 1 is 1.17 bits per heavy atom. The van der Waals surface area contributed by atoms with E-state index in [9.17, 15) is 9.59 Å². The van der Waals surface area contributed by atoms with Gasteiger partial charge in [-0.1, -0.05) is 6.07 Å². The van der Waals surface area contributed by atoms with Crippen LogP contribution >= 0.6 is 0 Å². The van der Waals surface area contributed by atoms with Gasteiger partial charge in [-0.15, -0.1) is 0 Å². The number of piperidine rings is 1. The first kappa shape index (κ1) is 25.3. The number of hydrogen-bond acceptors (Lipinski definition) is 8. The predicted molar refractivity (Wildman–Crippen MR) is 138 cm³/mol. The molecule has 1 saturated heterocycles. The maximum absolute atomic E-state index is 12.0. The van der Waals surface area contributed by atoms with Crippen molar-refractivity contribution in [1.82, 2.24) is 10.3 Å². The Balaban J connectivity index is 1.77. The Morgan fingerprint density at radius 3 is 2.42 bits per heavy atom. The molecular formula is C26H33N5O5. The average molecular weight is 496 g/mol. The highest BCUT2D eigenvalue weighted by Crippen LogP contribution is 2.38. The first-order chi connectivity index (χ1) is 17.4. The molecule has 1 aliphatic rings. The molecule has 4 N–H and O–H groups in total. The van der Waals surface area contributed by atoms with Crippen molar-refractivity contribution in [2.24, 2.45) is 5.73 Å². The van der Waals surface area contributed by atoms with Gasteiger partial charge in [0, 0.05) is 19.5 Å². The number of nitrogens with one attached hydrogen (secondary N) is 2. The maximum atomic E-state index is 12.0. The van der Waals surface area contributed by atoms with Crippen molar-refractivity contribution in [3.05, 3.63) is 41.5 Å². The van der Waals surface area contributed by atoms with Crippen LogP contribution in [0.2, 0.25) is 0 Å². The van der Waals surface area contributed by atoms with Gasteiger partial charge in [-0.05, 0) is 69.6 Å². The molecule has 4 rings (SSSR count). The zero-order valence-electron chi connectivity index (χ0n) is 20.9. The molecule has 0 unspecified atom stereocenters. The Kier molecular flexibility index (Phi) is 7.94. The number of amides is 2. The number of ether oxygens (including phenoxy) is 2. The summed E-state index contributed by atoms with van der Waals surface area (Å²) < 4.78 is 17.9. The van der Waals surface area contributed by atoms with E-state index in [0.29, 0.717) is 59.6 Å². The zero-order valence-corrected chi connectivity index (χ0v) is 20.9. The number of rotatable bonds is 10. The van der Waals surface area contributed by atoms with Gasteiger partial charge in [0.15, 0.2) is 5.58 Å². The normalized spacial score (nSPS) is 14.0. The molecule has 0 spiro atoms. The second-order valence-corrected chi connectivity index (χ2v) is 8.64. The summed E-state index contributed by atoms with van der Waals surface area (Å²) in [6.45, 7) is 8.31. The number of aromatic nitrogens is 1. The van der Waals surface area contributed by atoms with E-state index in [1.807, 2.05) is 26.0 Å². The molecule has 0 aliphatic carbocycles. The minimum absolute atomic E-state index is 0.164. The Hall–Kier alpha value is -3.79. The molecule has 192 valence electrons. The topological polar surface area (TPSA) is 132 Å².